The molecule has 1 aromatic carbocycles. The van der Waals surface area contributed by atoms with Gasteiger partial charge in [-0.05, 0) is 37.0 Å². The second-order valence-electron chi connectivity index (χ2n) is 7.11. The number of nitrogens with two attached hydrogens (primary N) is 1. The molecule has 0 bridgehead atoms. The Hall–Kier alpha value is -1.21. The number of nitrogens with zero attached hydrogens (tertiary/aromatic N) is 1. The van der Waals surface area contributed by atoms with Gasteiger partial charge in [-0.15, -0.1) is 24.8 Å². The Bertz CT molecular complexity index is 582. The summed E-state index contributed by atoms with van der Waals surface area (Å²) in [5.74, 6) is 1.68. The van der Waals surface area contributed by atoms with Crippen molar-refractivity contribution in [1.29, 1.82) is 0 Å². The quantitative estimate of drug-likeness (QED) is 0.623. The molecule has 1 saturated heterocycles. The zero-order valence-corrected chi connectivity index (χ0v) is 19.0. The predicted octanol–water partition coefficient (Wildman–Crippen LogP) is 3.00. The van der Waals surface area contributed by atoms with Crippen LogP contribution in [-0.2, 0) is 11.3 Å². The molecule has 1 heterocycles. The van der Waals surface area contributed by atoms with Crippen molar-refractivity contribution < 1.29 is 14.3 Å². The van der Waals surface area contributed by atoms with E-state index in [4.69, 9.17) is 15.2 Å². The summed E-state index contributed by atoms with van der Waals surface area (Å²) in [6.45, 7) is 7.08. The van der Waals surface area contributed by atoms with Gasteiger partial charge < -0.3 is 20.5 Å². The number of halogens is 2. The van der Waals surface area contributed by atoms with Gasteiger partial charge in [0.15, 0.2) is 0 Å². The Balaban J connectivity index is 0.00000364. The van der Waals surface area contributed by atoms with Gasteiger partial charge in [0.1, 0.15) is 11.5 Å². The van der Waals surface area contributed by atoms with Gasteiger partial charge in [0.05, 0.1) is 19.6 Å². The van der Waals surface area contributed by atoms with Crippen LogP contribution in [0.4, 0.5) is 0 Å². The summed E-state index contributed by atoms with van der Waals surface area (Å²) < 4.78 is 10.7. The van der Waals surface area contributed by atoms with E-state index in [9.17, 15) is 4.79 Å². The molecule has 28 heavy (non-hydrogen) atoms. The summed E-state index contributed by atoms with van der Waals surface area (Å²) in [5, 5.41) is 3.22. The predicted molar refractivity (Wildman–Crippen MR) is 118 cm³/mol. The summed E-state index contributed by atoms with van der Waals surface area (Å²) in [5.41, 5.74) is 6.60. The molecule has 1 amide bonds. The highest BCUT2D eigenvalue weighted by Gasteiger charge is 2.35. The van der Waals surface area contributed by atoms with Crippen molar-refractivity contribution in [3.05, 3.63) is 23.8 Å². The molecule has 1 unspecified atom stereocenters. The average Bonchev–Trinajstić information content (AvgIpc) is 3.10. The summed E-state index contributed by atoms with van der Waals surface area (Å²) >= 11 is 0. The molecule has 1 atom stereocenters. The standard InChI is InChI=1S/C20H33N3O3.2ClH/c1-5-20(6-2,14-21)19(24)22-16-7-8-23(13-16)12-15-9-17(25-3)11-18(10-15)26-4;;/h9-11,16H,5-8,12-14,21H2,1-4H3,(H,22,24);2*1H. The lowest BCUT2D eigenvalue weighted by Gasteiger charge is -2.30. The van der Waals surface area contributed by atoms with Crippen LogP contribution in [0.1, 0.15) is 38.7 Å². The van der Waals surface area contributed by atoms with Gasteiger partial charge in [-0.3, -0.25) is 9.69 Å². The number of likely N-dealkylation sites (tertiary alicyclic amines) is 1. The molecule has 0 saturated carbocycles. The van der Waals surface area contributed by atoms with E-state index in [1.54, 1.807) is 14.2 Å². The van der Waals surface area contributed by atoms with Gasteiger partial charge in [-0.25, -0.2) is 0 Å². The van der Waals surface area contributed by atoms with Crippen molar-refractivity contribution in [3.8, 4) is 11.5 Å². The SMILES string of the molecule is CCC(CC)(CN)C(=O)NC1CCN(Cc2cc(OC)cc(OC)c2)C1.Cl.Cl. The molecule has 0 aromatic heterocycles. The third kappa shape index (κ3) is 6.41. The van der Waals surface area contributed by atoms with Gasteiger partial charge >= 0.3 is 0 Å². The van der Waals surface area contributed by atoms with Crippen LogP contribution in [0.3, 0.4) is 0 Å². The average molecular weight is 436 g/mol. The van der Waals surface area contributed by atoms with E-state index >= 15 is 0 Å². The smallest absolute Gasteiger partial charge is 0.227 e. The molecule has 1 aromatic rings. The zero-order valence-electron chi connectivity index (χ0n) is 17.3. The van der Waals surface area contributed by atoms with Crippen LogP contribution in [-0.4, -0.2) is 50.7 Å². The van der Waals surface area contributed by atoms with Gasteiger partial charge in [0.2, 0.25) is 5.91 Å². The van der Waals surface area contributed by atoms with Crippen LogP contribution in [0.25, 0.3) is 0 Å². The molecule has 0 radical (unpaired) electrons. The zero-order chi connectivity index (χ0) is 19.2. The number of rotatable bonds is 9. The molecular formula is C20H35Cl2N3O3. The Morgan fingerprint density at radius 2 is 1.75 bits per heavy atom. The molecule has 1 fully saturated rings. The van der Waals surface area contributed by atoms with Crippen molar-refractivity contribution in [3.63, 3.8) is 0 Å². The molecule has 1 aliphatic rings. The number of ether oxygens (including phenoxy) is 2. The van der Waals surface area contributed by atoms with E-state index in [1.165, 1.54) is 0 Å². The summed E-state index contributed by atoms with van der Waals surface area (Å²) in [6.07, 6.45) is 2.50. The molecular weight excluding hydrogens is 401 g/mol. The Labute approximate surface area is 181 Å². The van der Waals surface area contributed by atoms with E-state index < -0.39 is 5.41 Å². The lowest BCUT2D eigenvalue weighted by Crippen LogP contribution is -2.49. The third-order valence-corrected chi connectivity index (χ3v) is 5.65. The maximum absolute atomic E-state index is 12.7. The molecule has 2 rings (SSSR count). The van der Waals surface area contributed by atoms with E-state index in [-0.39, 0.29) is 36.8 Å². The van der Waals surface area contributed by atoms with Crippen molar-refractivity contribution in [2.24, 2.45) is 11.1 Å². The van der Waals surface area contributed by atoms with Crippen LogP contribution >= 0.6 is 24.8 Å². The van der Waals surface area contributed by atoms with E-state index in [2.05, 4.69) is 10.2 Å². The number of carbonyl (C=O) groups is 1. The van der Waals surface area contributed by atoms with Gasteiger partial charge in [0.25, 0.3) is 0 Å². The van der Waals surface area contributed by atoms with Gasteiger partial charge in [-0.1, -0.05) is 13.8 Å². The van der Waals surface area contributed by atoms with Gasteiger partial charge in [-0.2, -0.15) is 0 Å². The van der Waals surface area contributed by atoms with Crippen LogP contribution < -0.4 is 20.5 Å². The minimum absolute atomic E-state index is 0. The lowest BCUT2D eigenvalue weighted by molar-refractivity contribution is -0.131. The molecule has 8 heteroatoms. The highest BCUT2D eigenvalue weighted by molar-refractivity contribution is 5.85. The highest BCUT2D eigenvalue weighted by Crippen LogP contribution is 2.27. The second kappa shape index (κ2) is 12.4. The molecule has 1 aliphatic heterocycles. The number of benzene rings is 1. The second-order valence-corrected chi connectivity index (χ2v) is 7.11. The first kappa shape index (κ1) is 26.8. The summed E-state index contributed by atoms with van der Waals surface area (Å²) in [7, 11) is 3.32. The van der Waals surface area contributed by atoms with Crippen molar-refractivity contribution in [1.82, 2.24) is 10.2 Å². The summed E-state index contributed by atoms with van der Waals surface area (Å²) in [4.78, 5) is 15.1. The summed E-state index contributed by atoms with van der Waals surface area (Å²) in [6, 6.07) is 6.11. The lowest BCUT2D eigenvalue weighted by atomic mass is 9.81. The molecule has 162 valence electrons. The highest BCUT2D eigenvalue weighted by atomic mass is 35.5. The van der Waals surface area contributed by atoms with E-state index in [1.807, 2.05) is 32.0 Å². The molecule has 6 nitrogen and oxygen atoms in total. The van der Waals surface area contributed by atoms with Crippen LogP contribution in [0.15, 0.2) is 18.2 Å². The number of methoxy groups -OCH3 is 2. The third-order valence-electron chi connectivity index (χ3n) is 5.65. The first-order valence-corrected chi connectivity index (χ1v) is 9.45. The fourth-order valence-electron chi connectivity index (χ4n) is 3.60. The fraction of sp³-hybridized carbons (Fsp3) is 0.650. The maximum atomic E-state index is 12.7. The Kier molecular flexibility index (Phi) is 11.8. The largest absolute Gasteiger partial charge is 0.497 e. The molecule has 3 N–H and O–H groups in total. The van der Waals surface area contributed by atoms with Crippen LogP contribution in [0, 0.1) is 5.41 Å². The normalized spacial score (nSPS) is 16.7. The van der Waals surface area contributed by atoms with E-state index in [0.717, 1.165) is 56.0 Å². The number of hydrogen-bond acceptors (Lipinski definition) is 5. The number of carbonyl (C=O) groups excluding carboxylic acids is 1. The number of hydrogen-bond donors (Lipinski definition) is 2. The Morgan fingerprint density at radius 3 is 2.21 bits per heavy atom. The molecule has 0 spiro atoms. The van der Waals surface area contributed by atoms with Crippen molar-refractivity contribution in [2.75, 3.05) is 33.9 Å². The first-order chi connectivity index (χ1) is 12.5. The fourth-order valence-corrected chi connectivity index (χ4v) is 3.60. The van der Waals surface area contributed by atoms with Crippen LogP contribution in [0.5, 0.6) is 11.5 Å². The maximum Gasteiger partial charge on any atom is 0.227 e. The topological polar surface area (TPSA) is 76.8 Å². The van der Waals surface area contributed by atoms with Crippen LogP contribution in [0.2, 0.25) is 0 Å². The number of amides is 1. The number of nitrogens with one attached hydrogen (secondary N) is 1. The monoisotopic (exact) mass is 435 g/mol. The van der Waals surface area contributed by atoms with E-state index in [0.29, 0.717) is 6.54 Å². The first-order valence-electron chi connectivity index (χ1n) is 9.45. The van der Waals surface area contributed by atoms with Crippen molar-refractivity contribution in [2.45, 2.75) is 45.7 Å². The van der Waals surface area contributed by atoms with Crippen molar-refractivity contribution >= 4 is 30.7 Å². The minimum atomic E-state index is -0.437. The molecule has 0 aliphatic carbocycles. The Morgan fingerprint density at radius 1 is 1.18 bits per heavy atom. The minimum Gasteiger partial charge on any atom is -0.497 e. The van der Waals surface area contributed by atoms with Gasteiger partial charge in [0, 0.05) is 38.3 Å².